The van der Waals surface area contributed by atoms with Gasteiger partial charge in [0.1, 0.15) is 11.5 Å². The smallest absolute Gasteiger partial charge is 0.118 e. The van der Waals surface area contributed by atoms with Crippen LogP contribution in [-0.4, -0.2) is 10.2 Å². The second kappa shape index (κ2) is 12.6. The Kier molecular flexibility index (Phi) is 10.1. The highest BCUT2D eigenvalue weighted by molar-refractivity contribution is 5.43. The number of unbranched alkanes of at least 4 members (excludes halogenated alkanes) is 9. The van der Waals surface area contributed by atoms with Gasteiger partial charge in [-0.3, -0.25) is 0 Å². The molecule has 0 heterocycles. The summed E-state index contributed by atoms with van der Waals surface area (Å²) in [5.41, 5.74) is 4.35. The monoisotopic (exact) mass is 396 g/mol. The Morgan fingerprint density at radius 2 is 1.03 bits per heavy atom. The topological polar surface area (TPSA) is 40.5 Å². The molecule has 0 aliphatic rings. The summed E-state index contributed by atoms with van der Waals surface area (Å²) in [6, 6.07) is 11.9. The van der Waals surface area contributed by atoms with Gasteiger partial charge in [0.05, 0.1) is 0 Å². The van der Waals surface area contributed by atoms with Gasteiger partial charge in [0.15, 0.2) is 0 Å². The molecule has 0 saturated carbocycles. The zero-order valence-electron chi connectivity index (χ0n) is 18.7. The molecule has 2 heteroatoms. The first-order valence-corrected chi connectivity index (χ1v) is 11.6. The van der Waals surface area contributed by atoms with E-state index in [1.54, 1.807) is 0 Å². The molecule has 2 nitrogen and oxygen atoms in total. The van der Waals surface area contributed by atoms with E-state index in [2.05, 4.69) is 19.1 Å². The van der Waals surface area contributed by atoms with Crippen molar-refractivity contribution in [3.8, 4) is 11.5 Å². The van der Waals surface area contributed by atoms with E-state index in [0.29, 0.717) is 17.4 Å². The van der Waals surface area contributed by atoms with Crippen LogP contribution < -0.4 is 0 Å². The summed E-state index contributed by atoms with van der Waals surface area (Å²) in [6.45, 7) is 6.18. The van der Waals surface area contributed by atoms with E-state index in [4.69, 9.17) is 0 Å². The van der Waals surface area contributed by atoms with Crippen LogP contribution in [0, 0.1) is 13.8 Å². The van der Waals surface area contributed by atoms with E-state index in [0.717, 1.165) is 17.5 Å². The first-order chi connectivity index (χ1) is 14.0. The normalized spacial score (nSPS) is 11.3. The minimum Gasteiger partial charge on any atom is -0.508 e. The third-order valence-electron chi connectivity index (χ3n) is 6.09. The van der Waals surface area contributed by atoms with Crippen LogP contribution in [0.15, 0.2) is 36.4 Å². The third kappa shape index (κ3) is 7.76. The Balaban J connectivity index is 1.89. The molecule has 0 aliphatic carbocycles. The maximum absolute atomic E-state index is 9.91. The van der Waals surface area contributed by atoms with Crippen LogP contribution in [0.25, 0.3) is 0 Å². The van der Waals surface area contributed by atoms with Gasteiger partial charge in [-0.1, -0.05) is 95.4 Å². The molecule has 0 fully saturated rings. The lowest BCUT2D eigenvalue weighted by atomic mass is 9.85. The molecule has 0 saturated heterocycles. The lowest BCUT2D eigenvalue weighted by Gasteiger charge is -2.20. The minimum absolute atomic E-state index is 0.308. The number of hydrogen-bond acceptors (Lipinski definition) is 2. The van der Waals surface area contributed by atoms with Crippen LogP contribution in [0.1, 0.15) is 106 Å². The second-order valence-electron chi connectivity index (χ2n) is 8.62. The lowest BCUT2D eigenvalue weighted by Crippen LogP contribution is -2.02. The fourth-order valence-corrected chi connectivity index (χ4v) is 4.15. The van der Waals surface area contributed by atoms with Crippen molar-refractivity contribution in [2.45, 2.75) is 97.3 Å². The zero-order valence-corrected chi connectivity index (χ0v) is 18.7. The van der Waals surface area contributed by atoms with Gasteiger partial charge < -0.3 is 10.2 Å². The second-order valence-corrected chi connectivity index (χ2v) is 8.62. The van der Waals surface area contributed by atoms with E-state index in [9.17, 15) is 10.2 Å². The summed E-state index contributed by atoms with van der Waals surface area (Å²) >= 11 is 0. The van der Waals surface area contributed by atoms with Gasteiger partial charge >= 0.3 is 0 Å². The van der Waals surface area contributed by atoms with Crippen molar-refractivity contribution in [1.82, 2.24) is 0 Å². The molecule has 2 rings (SSSR count). The maximum atomic E-state index is 9.91. The Morgan fingerprint density at radius 1 is 0.621 bits per heavy atom. The highest BCUT2D eigenvalue weighted by Gasteiger charge is 2.16. The SMILES string of the molecule is CCCCCCCCCCCCC(c1ccc(O)c(C)c1)c1ccc(O)c(C)c1. The quantitative estimate of drug-likeness (QED) is 0.335. The number of hydrogen-bond donors (Lipinski definition) is 2. The van der Waals surface area contributed by atoms with Crippen LogP contribution in [0.5, 0.6) is 11.5 Å². The fraction of sp³-hybridized carbons (Fsp3) is 0.556. The molecule has 0 aromatic heterocycles. The van der Waals surface area contributed by atoms with Crippen LogP contribution >= 0.6 is 0 Å². The molecular formula is C27H40O2. The van der Waals surface area contributed by atoms with Gasteiger partial charge in [-0.15, -0.1) is 0 Å². The van der Waals surface area contributed by atoms with E-state index >= 15 is 0 Å². The van der Waals surface area contributed by atoms with E-state index in [1.807, 2.05) is 38.1 Å². The van der Waals surface area contributed by atoms with Crippen molar-refractivity contribution >= 4 is 0 Å². The Morgan fingerprint density at radius 3 is 1.45 bits per heavy atom. The Labute approximate surface area is 178 Å². The largest absolute Gasteiger partial charge is 0.508 e. The molecule has 0 aliphatic heterocycles. The van der Waals surface area contributed by atoms with Crippen LogP contribution in [0.4, 0.5) is 0 Å². The summed E-state index contributed by atoms with van der Waals surface area (Å²) in [5, 5.41) is 19.8. The molecule has 0 amide bonds. The van der Waals surface area contributed by atoms with Gasteiger partial charge in [-0.25, -0.2) is 0 Å². The van der Waals surface area contributed by atoms with Crippen LogP contribution in [-0.2, 0) is 0 Å². The summed E-state index contributed by atoms with van der Waals surface area (Å²) in [5.74, 6) is 1.02. The summed E-state index contributed by atoms with van der Waals surface area (Å²) in [7, 11) is 0. The first kappa shape index (κ1) is 23.3. The Hall–Kier alpha value is -1.96. The van der Waals surface area contributed by atoms with Crippen molar-refractivity contribution in [3.63, 3.8) is 0 Å². The molecule has 0 spiro atoms. The van der Waals surface area contributed by atoms with Gasteiger partial charge in [-0.2, -0.15) is 0 Å². The molecule has 2 aromatic rings. The number of phenols is 2. The summed E-state index contributed by atoms with van der Waals surface area (Å²) < 4.78 is 0. The minimum atomic E-state index is 0.308. The average molecular weight is 397 g/mol. The van der Waals surface area contributed by atoms with Crippen molar-refractivity contribution in [3.05, 3.63) is 58.7 Å². The lowest BCUT2D eigenvalue weighted by molar-refractivity contribution is 0.470. The maximum Gasteiger partial charge on any atom is 0.118 e. The van der Waals surface area contributed by atoms with E-state index in [1.165, 1.54) is 75.3 Å². The Bertz CT molecular complexity index is 684. The highest BCUT2D eigenvalue weighted by Crippen LogP contribution is 2.34. The molecule has 160 valence electrons. The number of benzene rings is 2. The predicted octanol–water partition coefficient (Wildman–Crippen LogP) is 8.16. The van der Waals surface area contributed by atoms with Gasteiger partial charge in [0.2, 0.25) is 0 Å². The van der Waals surface area contributed by atoms with Gasteiger partial charge in [0, 0.05) is 5.92 Å². The van der Waals surface area contributed by atoms with Gasteiger partial charge in [-0.05, 0) is 54.7 Å². The summed E-state index contributed by atoms with van der Waals surface area (Å²) in [6.07, 6.45) is 14.5. The van der Waals surface area contributed by atoms with Crippen molar-refractivity contribution < 1.29 is 10.2 Å². The van der Waals surface area contributed by atoms with Gasteiger partial charge in [0.25, 0.3) is 0 Å². The standard InChI is InChI=1S/C27H40O2/c1-4-5-6-7-8-9-10-11-12-13-14-25(23-15-17-26(28)21(2)19-23)24-16-18-27(29)22(3)20-24/h15-20,25,28-29H,4-14H2,1-3H3. The first-order valence-electron chi connectivity index (χ1n) is 11.6. The molecule has 0 atom stereocenters. The third-order valence-corrected chi connectivity index (χ3v) is 6.09. The van der Waals surface area contributed by atoms with Crippen molar-refractivity contribution in [2.24, 2.45) is 0 Å². The molecule has 2 N–H and O–H groups in total. The molecular weight excluding hydrogens is 356 g/mol. The molecule has 29 heavy (non-hydrogen) atoms. The van der Waals surface area contributed by atoms with E-state index < -0.39 is 0 Å². The summed E-state index contributed by atoms with van der Waals surface area (Å²) in [4.78, 5) is 0. The number of aryl methyl sites for hydroxylation is 2. The number of phenolic OH excluding ortho intramolecular Hbond substituents is 2. The van der Waals surface area contributed by atoms with Crippen molar-refractivity contribution in [2.75, 3.05) is 0 Å². The molecule has 0 unspecified atom stereocenters. The predicted molar refractivity (Wildman–Crippen MR) is 124 cm³/mol. The molecule has 0 bridgehead atoms. The van der Waals surface area contributed by atoms with Crippen LogP contribution in [0.3, 0.4) is 0 Å². The molecule has 0 radical (unpaired) electrons. The van der Waals surface area contributed by atoms with Crippen molar-refractivity contribution in [1.29, 1.82) is 0 Å². The van der Waals surface area contributed by atoms with E-state index in [-0.39, 0.29) is 0 Å². The molecule has 2 aromatic carbocycles. The fourth-order valence-electron chi connectivity index (χ4n) is 4.15. The number of rotatable bonds is 13. The number of aromatic hydroxyl groups is 2. The average Bonchev–Trinajstić information content (AvgIpc) is 2.71. The zero-order chi connectivity index (χ0) is 21.1. The van der Waals surface area contributed by atoms with Crippen LogP contribution in [0.2, 0.25) is 0 Å². The highest BCUT2D eigenvalue weighted by atomic mass is 16.3.